The molecule has 1 aromatic rings. The van der Waals surface area contributed by atoms with Crippen molar-refractivity contribution in [3.63, 3.8) is 0 Å². The first-order chi connectivity index (χ1) is 9.34. The van der Waals surface area contributed by atoms with Crippen LogP contribution in [0, 0.1) is 5.92 Å². The minimum Gasteiger partial charge on any atom is -0.490 e. The van der Waals surface area contributed by atoms with Crippen LogP contribution >= 0.6 is 0 Å². The highest BCUT2D eigenvalue weighted by Crippen LogP contribution is 2.43. The lowest BCUT2D eigenvalue weighted by atomic mass is 9.90. The van der Waals surface area contributed by atoms with Crippen LogP contribution < -0.4 is 9.47 Å². The van der Waals surface area contributed by atoms with Crippen molar-refractivity contribution in [2.24, 2.45) is 5.92 Å². The molecule has 1 heterocycles. The lowest BCUT2D eigenvalue weighted by molar-refractivity contribution is -0.217. The zero-order valence-corrected chi connectivity index (χ0v) is 10.6. The van der Waals surface area contributed by atoms with Crippen molar-refractivity contribution in [1.29, 1.82) is 0 Å². The molecule has 0 aliphatic carbocycles. The van der Waals surface area contributed by atoms with Crippen molar-refractivity contribution in [2.75, 3.05) is 6.61 Å². The number of hydrogen-bond acceptors (Lipinski definition) is 3. The normalized spacial score (nSPS) is 21.8. The van der Waals surface area contributed by atoms with Gasteiger partial charge in [-0.2, -0.15) is 13.2 Å². The van der Waals surface area contributed by atoms with Gasteiger partial charge in [-0.1, -0.05) is 12.1 Å². The quantitative estimate of drug-likeness (QED) is 0.929. The standard InChI is InChI=1S/C13H13F3O4/c1-2-19-9-5-3-4-7-6-8(12(17)18)11(13(14,15)16)20-10(7)9/h3-5,8,11H,2,6H2,1H3,(H,17,18)/t8-,11+/m1/s1. The number of fused-ring (bicyclic) bond motifs is 1. The molecule has 2 rings (SSSR count). The van der Waals surface area contributed by atoms with Crippen LogP contribution in [0.4, 0.5) is 13.2 Å². The summed E-state index contributed by atoms with van der Waals surface area (Å²) in [5.41, 5.74) is 0.406. The van der Waals surface area contributed by atoms with Gasteiger partial charge >= 0.3 is 12.1 Å². The number of hydrogen-bond donors (Lipinski definition) is 1. The van der Waals surface area contributed by atoms with E-state index in [2.05, 4.69) is 0 Å². The van der Waals surface area contributed by atoms with E-state index in [1.807, 2.05) is 0 Å². The largest absolute Gasteiger partial charge is 0.490 e. The van der Waals surface area contributed by atoms with Gasteiger partial charge in [0, 0.05) is 0 Å². The summed E-state index contributed by atoms with van der Waals surface area (Å²) in [6.07, 6.45) is -7.36. The minimum atomic E-state index is -4.75. The summed E-state index contributed by atoms with van der Waals surface area (Å²) < 4.78 is 48.9. The zero-order valence-electron chi connectivity index (χ0n) is 10.6. The van der Waals surface area contributed by atoms with E-state index in [4.69, 9.17) is 14.6 Å². The van der Waals surface area contributed by atoms with Crippen molar-refractivity contribution in [1.82, 2.24) is 0 Å². The Labute approximate surface area is 113 Å². The first kappa shape index (κ1) is 14.5. The Morgan fingerprint density at radius 1 is 1.50 bits per heavy atom. The fraction of sp³-hybridized carbons (Fsp3) is 0.462. The van der Waals surface area contributed by atoms with E-state index in [0.29, 0.717) is 5.56 Å². The Kier molecular flexibility index (Phi) is 3.78. The van der Waals surface area contributed by atoms with Crippen LogP contribution in [0.3, 0.4) is 0 Å². The molecule has 2 atom stereocenters. The van der Waals surface area contributed by atoms with Crippen LogP contribution in [0.5, 0.6) is 11.5 Å². The number of carboxylic acids is 1. The van der Waals surface area contributed by atoms with Crippen LogP contribution in [0.2, 0.25) is 0 Å². The third-order valence-corrected chi connectivity index (χ3v) is 3.05. The molecule has 0 spiro atoms. The third-order valence-electron chi connectivity index (χ3n) is 3.05. The second-order valence-corrected chi connectivity index (χ2v) is 4.41. The monoisotopic (exact) mass is 290 g/mol. The summed E-state index contributed by atoms with van der Waals surface area (Å²) in [5, 5.41) is 8.96. The molecule has 4 nitrogen and oxygen atoms in total. The number of alkyl halides is 3. The summed E-state index contributed by atoms with van der Waals surface area (Å²) in [6, 6.07) is 4.64. The van der Waals surface area contributed by atoms with Gasteiger partial charge in [-0.05, 0) is 25.0 Å². The van der Waals surface area contributed by atoms with E-state index >= 15 is 0 Å². The molecule has 7 heteroatoms. The van der Waals surface area contributed by atoms with Crippen molar-refractivity contribution >= 4 is 5.97 Å². The Morgan fingerprint density at radius 2 is 2.20 bits per heavy atom. The molecule has 1 aliphatic heterocycles. The number of para-hydroxylation sites is 1. The van der Waals surface area contributed by atoms with Gasteiger partial charge in [0.2, 0.25) is 6.10 Å². The minimum absolute atomic E-state index is 0.0193. The lowest BCUT2D eigenvalue weighted by Gasteiger charge is -2.33. The van der Waals surface area contributed by atoms with E-state index in [1.54, 1.807) is 19.1 Å². The maximum atomic E-state index is 12.9. The van der Waals surface area contributed by atoms with Crippen LogP contribution in [0.1, 0.15) is 12.5 Å². The number of benzene rings is 1. The van der Waals surface area contributed by atoms with Crippen molar-refractivity contribution < 1.29 is 32.5 Å². The number of aliphatic carboxylic acids is 1. The number of rotatable bonds is 3. The Morgan fingerprint density at radius 3 is 2.75 bits per heavy atom. The third kappa shape index (κ3) is 2.66. The molecule has 110 valence electrons. The molecular weight excluding hydrogens is 277 g/mol. The van der Waals surface area contributed by atoms with E-state index in [0.717, 1.165) is 0 Å². The summed E-state index contributed by atoms with van der Waals surface area (Å²) in [4.78, 5) is 11.0. The van der Waals surface area contributed by atoms with Crippen LogP contribution in [0.25, 0.3) is 0 Å². The maximum Gasteiger partial charge on any atom is 0.426 e. The smallest absolute Gasteiger partial charge is 0.426 e. The molecule has 0 amide bonds. The van der Waals surface area contributed by atoms with E-state index < -0.39 is 24.2 Å². The topological polar surface area (TPSA) is 55.8 Å². The predicted octanol–water partition coefficient (Wildman–Crippen LogP) is 2.65. The zero-order chi connectivity index (χ0) is 14.9. The SMILES string of the molecule is CCOc1cccc2c1O[C@H](C(F)(F)F)[C@H](C(=O)O)C2. The number of halogens is 3. The van der Waals surface area contributed by atoms with Gasteiger partial charge in [0.1, 0.15) is 5.92 Å². The Bertz CT molecular complexity index is 513. The molecule has 20 heavy (non-hydrogen) atoms. The molecule has 1 aromatic carbocycles. The highest BCUT2D eigenvalue weighted by atomic mass is 19.4. The molecule has 0 saturated carbocycles. The molecule has 0 radical (unpaired) electrons. The highest BCUT2D eigenvalue weighted by Gasteiger charge is 2.52. The van der Waals surface area contributed by atoms with Gasteiger partial charge < -0.3 is 14.6 Å². The number of carbonyl (C=O) groups is 1. The van der Waals surface area contributed by atoms with Gasteiger partial charge in [0.05, 0.1) is 6.61 Å². The summed E-state index contributed by atoms with van der Waals surface area (Å²) in [5.74, 6) is -3.00. The second kappa shape index (κ2) is 5.22. The van der Waals surface area contributed by atoms with Crippen molar-refractivity contribution in [2.45, 2.75) is 25.6 Å². The van der Waals surface area contributed by atoms with E-state index in [9.17, 15) is 18.0 Å². The Hall–Kier alpha value is -1.92. The molecule has 0 unspecified atom stereocenters. The van der Waals surface area contributed by atoms with E-state index in [1.165, 1.54) is 6.07 Å². The van der Waals surface area contributed by atoms with Crippen LogP contribution in [0.15, 0.2) is 18.2 Å². The van der Waals surface area contributed by atoms with Gasteiger partial charge in [0.15, 0.2) is 11.5 Å². The average Bonchev–Trinajstić information content (AvgIpc) is 2.37. The van der Waals surface area contributed by atoms with Crippen molar-refractivity contribution in [3.05, 3.63) is 23.8 Å². The predicted molar refractivity (Wildman–Crippen MR) is 62.9 cm³/mol. The summed E-state index contributed by atoms with van der Waals surface area (Å²) in [6.45, 7) is 1.97. The van der Waals surface area contributed by atoms with Crippen LogP contribution in [-0.2, 0) is 11.2 Å². The number of carboxylic acid groups (broad SMARTS) is 1. The highest BCUT2D eigenvalue weighted by molar-refractivity contribution is 5.72. The molecule has 1 N–H and O–H groups in total. The number of ether oxygens (including phenoxy) is 2. The van der Waals surface area contributed by atoms with Crippen molar-refractivity contribution in [3.8, 4) is 11.5 Å². The second-order valence-electron chi connectivity index (χ2n) is 4.41. The molecule has 0 aromatic heterocycles. The van der Waals surface area contributed by atoms with Crippen LogP contribution in [-0.4, -0.2) is 30.0 Å². The molecule has 1 aliphatic rings. The molecular formula is C13H13F3O4. The van der Waals surface area contributed by atoms with Gasteiger partial charge in [-0.25, -0.2) is 0 Å². The van der Waals surface area contributed by atoms with Gasteiger partial charge in [-0.15, -0.1) is 0 Å². The fourth-order valence-electron chi connectivity index (χ4n) is 2.19. The first-order valence-corrected chi connectivity index (χ1v) is 6.05. The summed E-state index contributed by atoms with van der Waals surface area (Å²) in [7, 11) is 0. The lowest BCUT2D eigenvalue weighted by Crippen LogP contribution is -2.47. The van der Waals surface area contributed by atoms with E-state index in [-0.39, 0.29) is 24.5 Å². The van der Waals surface area contributed by atoms with Gasteiger partial charge in [0.25, 0.3) is 0 Å². The van der Waals surface area contributed by atoms with Gasteiger partial charge in [-0.3, -0.25) is 4.79 Å². The molecule has 0 saturated heterocycles. The summed E-state index contributed by atoms with van der Waals surface area (Å²) >= 11 is 0. The first-order valence-electron chi connectivity index (χ1n) is 6.05. The fourth-order valence-corrected chi connectivity index (χ4v) is 2.19. The molecule has 0 fully saturated rings. The molecule has 0 bridgehead atoms. The maximum absolute atomic E-state index is 12.9. The average molecular weight is 290 g/mol. The Balaban J connectivity index is 2.43.